The highest BCUT2D eigenvalue weighted by molar-refractivity contribution is 7.13. The van der Waals surface area contributed by atoms with Gasteiger partial charge in [0, 0.05) is 41.6 Å². The molecule has 35 heavy (non-hydrogen) atoms. The van der Waals surface area contributed by atoms with Crippen LogP contribution in [0.15, 0.2) is 41.2 Å². The van der Waals surface area contributed by atoms with Gasteiger partial charge in [-0.1, -0.05) is 51.8 Å². The second-order valence-corrected chi connectivity index (χ2v) is 11.7. The average Bonchev–Trinajstić information content (AvgIpc) is 3.22. The summed E-state index contributed by atoms with van der Waals surface area (Å²) in [4.78, 5) is 4.66. The van der Waals surface area contributed by atoms with Crippen LogP contribution in [0.25, 0.3) is 5.57 Å². The molecule has 0 aliphatic carbocycles. The van der Waals surface area contributed by atoms with E-state index < -0.39 is 6.61 Å². The smallest absolute Gasteiger partial charge is 0.387 e. The number of allylic oxidation sites excluding steroid dienone is 5. The summed E-state index contributed by atoms with van der Waals surface area (Å²) >= 11 is 1.67. The van der Waals surface area contributed by atoms with E-state index in [4.69, 9.17) is 9.47 Å². The quantitative estimate of drug-likeness (QED) is 0.208. The highest BCUT2D eigenvalue weighted by Crippen LogP contribution is 2.36. The molecule has 1 fully saturated rings. The van der Waals surface area contributed by atoms with Gasteiger partial charge in [-0.3, -0.25) is 4.90 Å². The van der Waals surface area contributed by atoms with E-state index in [-0.39, 0.29) is 11.4 Å². The number of hydrogen-bond donors (Lipinski definition) is 0. The molecule has 1 aliphatic heterocycles. The molecule has 0 saturated carbocycles. The number of piperidine rings is 1. The van der Waals surface area contributed by atoms with Gasteiger partial charge in [-0.15, -0.1) is 11.3 Å². The fraction of sp³-hybridized carbons (Fsp3) is 0.655. The summed E-state index contributed by atoms with van der Waals surface area (Å²) in [6.07, 6.45) is 6.46. The van der Waals surface area contributed by atoms with Gasteiger partial charge in [-0.05, 0) is 70.1 Å². The Morgan fingerprint density at radius 2 is 1.94 bits per heavy atom. The summed E-state index contributed by atoms with van der Waals surface area (Å²) in [5.74, 6) is 1.14. The lowest BCUT2D eigenvalue weighted by molar-refractivity contribution is -0.0926. The lowest BCUT2D eigenvalue weighted by Gasteiger charge is -2.43. The Morgan fingerprint density at radius 1 is 1.23 bits per heavy atom. The van der Waals surface area contributed by atoms with E-state index in [0.717, 1.165) is 67.1 Å². The van der Waals surface area contributed by atoms with Crippen molar-refractivity contribution >= 4 is 16.9 Å². The summed E-state index contributed by atoms with van der Waals surface area (Å²) in [5, 5.41) is 0. The lowest BCUT2D eigenvalue weighted by atomic mass is 9.87. The maximum atomic E-state index is 13.4. The van der Waals surface area contributed by atoms with Crippen LogP contribution >= 0.6 is 11.3 Å². The fourth-order valence-corrected chi connectivity index (χ4v) is 5.81. The molecular weight excluding hydrogens is 464 g/mol. The van der Waals surface area contributed by atoms with Crippen molar-refractivity contribution in [2.75, 3.05) is 19.7 Å². The normalized spacial score (nSPS) is 23.3. The van der Waals surface area contributed by atoms with Gasteiger partial charge in [0.15, 0.2) is 0 Å². The molecule has 2 rings (SSSR count). The Labute approximate surface area is 215 Å². The number of thiophene rings is 1. The molecule has 0 spiro atoms. The molecule has 1 aromatic rings. The standard InChI is InChI=1S/C29H45F2NO2S/c1-9-15-33-29(8)16-21(5)17-32(19-29)18-24-12-14-26(35-24)27(22(6)10-2)25(34-28(30)31)13-11-23(7)20(3)4/h11-14,20-21,28H,9-10,15-19H2,1-8H3/b23-11+,25-13+,27-22?/t21?,29-/m0/s1. The summed E-state index contributed by atoms with van der Waals surface area (Å²) in [5.41, 5.74) is 2.81. The van der Waals surface area contributed by atoms with E-state index in [9.17, 15) is 8.78 Å². The van der Waals surface area contributed by atoms with E-state index in [1.165, 1.54) is 4.88 Å². The molecule has 3 nitrogen and oxygen atoms in total. The molecule has 2 heterocycles. The number of rotatable bonds is 12. The van der Waals surface area contributed by atoms with Crippen LogP contribution in [0.5, 0.6) is 0 Å². The number of halogens is 2. The monoisotopic (exact) mass is 509 g/mol. The van der Waals surface area contributed by atoms with Crippen LogP contribution < -0.4 is 0 Å². The first kappa shape index (κ1) is 29.7. The predicted molar refractivity (Wildman–Crippen MR) is 145 cm³/mol. The Bertz CT molecular complexity index is 902. The topological polar surface area (TPSA) is 21.7 Å². The van der Waals surface area contributed by atoms with E-state index in [1.54, 1.807) is 17.4 Å². The summed E-state index contributed by atoms with van der Waals surface area (Å²) < 4.78 is 38.1. The minimum Gasteiger partial charge on any atom is -0.434 e. The minimum atomic E-state index is -2.87. The Kier molecular flexibility index (Phi) is 11.6. The first-order chi connectivity index (χ1) is 16.5. The molecule has 2 atom stereocenters. The number of hydrogen-bond acceptors (Lipinski definition) is 4. The van der Waals surface area contributed by atoms with Gasteiger partial charge in [0.1, 0.15) is 5.76 Å². The van der Waals surface area contributed by atoms with Gasteiger partial charge in [-0.2, -0.15) is 8.78 Å². The molecule has 0 radical (unpaired) electrons. The molecule has 6 heteroatoms. The lowest BCUT2D eigenvalue weighted by Crippen LogP contribution is -2.50. The third kappa shape index (κ3) is 9.14. The zero-order valence-corrected chi connectivity index (χ0v) is 23.7. The average molecular weight is 510 g/mol. The summed E-state index contributed by atoms with van der Waals surface area (Å²) in [6.45, 7) is 17.6. The van der Waals surface area contributed by atoms with Crippen molar-refractivity contribution in [1.29, 1.82) is 0 Å². The third-order valence-electron chi connectivity index (χ3n) is 6.68. The number of alkyl halides is 2. The zero-order valence-electron chi connectivity index (χ0n) is 22.9. The largest absolute Gasteiger partial charge is 0.434 e. The van der Waals surface area contributed by atoms with Crippen molar-refractivity contribution in [2.24, 2.45) is 11.8 Å². The second kappa shape index (κ2) is 13.7. The van der Waals surface area contributed by atoms with Crippen molar-refractivity contribution in [3.8, 4) is 0 Å². The van der Waals surface area contributed by atoms with Gasteiger partial charge in [0.25, 0.3) is 0 Å². The van der Waals surface area contributed by atoms with Crippen molar-refractivity contribution in [1.82, 2.24) is 4.90 Å². The van der Waals surface area contributed by atoms with Crippen molar-refractivity contribution in [3.63, 3.8) is 0 Å². The molecular formula is C29H45F2NO2S. The minimum absolute atomic E-state index is 0.126. The van der Waals surface area contributed by atoms with Crippen molar-refractivity contribution < 1.29 is 18.3 Å². The highest BCUT2D eigenvalue weighted by Gasteiger charge is 2.35. The van der Waals surface area contributed by atoms with Crippen LogP contribution in [-0.4, -0.2) is 36.8 Å². The van der Waals surface area contributed by atoms with Crippen LogP contribution in [0, 0.1) is 11.8 Å². The number of likely N-dealkylation sites (tertiary alicyclic amines) is 1. The van der Waals surface area contributed by atoms with Gasteiger partial charge in [0.05, 0.1) is 5.60 Å². The number of nitrogens with zero attached hydrogens (tertiary/aromatic N) is 1. The van der Waals surface area contributed by atoms with Crippen LogP contribution in [0.2, 0.25) is 0 Å². The number of ether oxygens (including phenoxy) is 2. The maximum Gasteiger partial charge on any atom is 0.387 e. The molecule has 1 aliphatic rings. The van der Waals surface area contributed by atoms with Gasteiger partial charge in [0.2, 0.25) is 0 Å². The van der Waals surface area contributed by atoms with Gasteiger partial charge < -0.3 is 9.47 Å². The molecule has 0 bridgehead atoms. The molecule has 1 unspecified atom stereocenters. The SMILES string of the molecule is CCCO[C@@]1(C)CC(C)CN(Cc2ccc(C(=C(C)CC)/C(=C\C=C(/C)C(C)C)OC(F)F)s2)C1. The first-order valence-electron chi connectivity index (χ1n) is 13.0. The molecule has 1 saturated heterocycles. The Morgan fingerprint density at radius 3 is 2.54 bits per heavy atom. The van der Waals surface area contributed by atoms with E-state index in [1.807, 2.05) is 26.8 Å². The Balaban J connectivity index is 2.33. The van der Waals surface area contributed by atoms with Crippen LogP contribution in [0.3, 0.4) is 0 Å². The van der Waals surface area contributed by atoms with Crippen LogP contribution in [0.1, 0.15) is 84.4 Å². The van der Waals surface area contributed by atoms with Crippen molar-refractivity contribution in [2.45, 2.75) is 93.4 Å². The molecule has 0 N–H and O–H groups in total. The summed E-state index contributed by atoms with van der Waals surface area (Å²) in [7, 11) is 0. The fourth-order valence-electron chi connectivity index (χ4n) is 4.63. The van der Waals surface area contributed by atoms with Crippen LogP contribution in [-0.2, 0) is 16.0 Å². The summed E-state index contributed by atoms with van der Waals surface area (Å²) in [6, 6.07) is 4.18. The zero-order chi connectivity index (χ0) is 26.2. The molecule has 0 aromatic carbocycles. The second-order valence-electron chi connectivity index (χ2n) is 10.5. The van der Waals surface area contributed by atoms with Gasteiger partial charge >= 0.3 is 6.61 Å². The maximum absolute atomic E-state index is 13.4. The third-order valence-corrected chi connectivity index (χ3v) is 7.77. The molecule has 1 aromatic heterocycles. The molecule has 0 amide bonds. The molecule has 198 valence electrons. The van der Waals surface area contributed by atoms with Crippen LogP contribution in [0.4, 0.5) is 8.78 Å². The van der Waals surface area contributed by atoms with E-state index in [0.29, 0.717) is 11.8 Å². The Hall–Kier alpha value is -1.50. The highest BCUT2D eigenvalue weighted by atomic mass is 32.1. The van der Waals surface area contributed by atoms with Gasteiger partial charge in [-0.25, -0.2) is 0 Å². The van der Waals surface area contributed by atoms with E-state index in [2.05, 4.69) is 51.7 Å². The van der Waals surface area contributed by atoms with Crippen molar-refractivity contribution in [3.05, 3.63) is 50.9 Å². The predicted octanol–water partition coefficient (Wildman–Crippen LogP) is 8.68. The first-order valence-corrected chi connectivity index (χ1v) is 13.8. The van der Waals surface area contributed by atoms with E-state index >= 15 is 0 Å².